The van der Waals surface area contributed by atoms with Gasteiger partial charge in [-0.15, -0.1) is 0 Å². The van der Waals surface area contributed by atoms with E-state index in [0.717, 1.165) is 5.52 Å². The maximum absolute atomic E-state index is 14.5. The van der Waals surface area contributed by atoms with Gasteiger partial charge >= 0.3 is 0 Å². The van der Waals surface area contributed by atoms with E-state index in [4.69, 9.17) is 4.74 Å². The lowest BCUT2D eigenvalue weighted by molar-refractivity contribution is 0.0777. The molecule has 2 aromatic heterocycles. The van der Waals surface area contributed by atoms with Gasteiger partial charge in [0.25, 0.3) is 11.5 Å². The van der Waals surface area contributed by atoms with Crippen LogP contribution in [0.3, 0.4) is 0 Å². The van der Waals surface area contributed by atoms with E-state index in [-0.39, 0.29) is 37.6 Å². The van der Waals surface area contributed by atoms with Gasteiger partial charge in [0, 0.05) is 47.8 Å². The Kier molecular flexibility index (Phi) is 6.51. The van der Waals surface area contributed by atoms with Gasteiger partial charge in [-0.1, -0.05) is 18.2 Å². The highest BCUT2D eigenvalue weighted by atomic mass is 19.1. The Bertz CT molecular complexity index is 1230. The zero-order valence-corrected chi connectivity index (χ0v) is 18.9. The molecule has 1 aliphatic rings. The highest BCUT2D eigenvalue weighted by Crippen LogP contribution is 2.30. The lowest BCUT2D eigenvalue weighted by Gasteiger charge is -2.31. The molecule has 1 aromatic carbocycles. The number of halogens is 2. The number of alkyl halides is 2. The number of fused-ring (bicyclic) bond motifs is 1. The smallest absolute Gasteiger partial charge is 0.256 e. The molecule has 4 rings (SSSR count). The average molecular weight is 459 g/mol. The molecule has 7 nitrogen and oxygen atoms in total. The van der Waals surface area contributed by atoms with Crippen LogP contribution in [0.25, 0.3) is 10.9 Å². The van der Waals surface area contributed by atoms with E-state index in [1.807, 2.05) is 28.8 Å². The number of nitrogens with one attached hydrogen (secondary N) is 3. The van der Waals surface area contributed by atoms with Crippen molar-refractivity contribution in [1.29, 1.82) is 0 Å². The van der Waals surface area contributed by atoms with Crippen LogP contribution >= 0.6 is 0 Å². The molecule has 1 saturated heterocycles. The molecule has 176 valence electrons. The van der Waals surface area contributed by atoms with E-state index in [1.165, 1.54) is 7.11 Å². The molecule has 0 bridgehead atoms. The summed E-state index contributed by atoms with van der Waals surface area (Å²) in [6.07, 6.45) is -2.63. The van der Waals surface area contributed by atoms with E-state index in [0.29, 0.717) is 33.7 Å². The number of nitrogens with zero attached hydrogens (tertiary/aromatic N) is 1. The largest absolute Gasteiger partial charge is 0.496 e. The Labute approximate surface area is 190 Å². The van der Waals surface area contributed by atoms with E-state index in [1.54, 1.807) is 19.9 Å². The Morgan fingerprint density at radius 1 is 1.21 bits per heavy atom. The normalized spacial score (nSPS) is 20.7. The van der Waals surface area contributed by atoms with Crippen LogP contribution in [0.15, 0.2) is 35.1 Å². The van der Waals surface area contributed by atoms with Crippen molar-refractivity contribution in [1.82, 2.24) is 20.2 Å². The minimum absolute atomic E-state index is 0.0238. The molecule has 1 fully saturated rings. The third-order valence-electron chi connectivity index (χ3n) is 6.33. The van der Waals surface area contributed by atoms with Gasteiger partial charge < -0.3 is 24.9 Å². The van der Waals surface area contributed by atoms with Gasteiger partial charge in [-0.25, -0.2) is 8.78 Å². The predicted octanol–water partition coefficient (Wildman–Crippen LogP) is 2.78. The molecule has 1 amide bonds. The van der Waals surface area contributed by atoms with E-state index >= 15 is 0 Å². The maximum Gasteiger partial charge on any atom is 0.256 e. The van der Waals surface area contributed by atoms with Crippen molar-refractivity contribution in [2.24, 2.45) is 5.92 Å². The summed E-state index contributed by atoms with van der Waals surface area (Å²) in [7, 11) is 1.47. The lowest BCUT2D eigenvalue weighted by atomic mass is 9.94. The van der Waals surface area contributed by atoms with E-state index in [9.17, 15) is 18.4 Å². The number of aryl methyl sites for hydroxylation is 1. The predicted molar refractivity (Wildman–Crippen MR) is 122 cm³/mol. The minimum Gasteiger partial charge on any atom is -0.496 e. The number of piperidine rings is 1. The van der Waals surface area contributed by atoms with Crippen molar-refractivity contribution in [3.8, 4) is 5.75 Å². The summed E-state index contributed by atoms with van der Waals surface area (Å²) in [6.45, 7) is 3.86. The van der Waals surface area contributed by atoms with E-state index < -0.39 is 18.3 Å². The molecule has 0 saturated carbocycles. The second-order valence-corrected chi connectivity index (χ2v) is 8.45. The maximum atomic E-state index is 14.5. The molecule has 9 heteroatoms. The summed E-state index contributed by atoms with van der Waals surface area (Å²) in [5.74, 6) is -0.778. The first-order chi connectivity index (χ1) is 15.8. The second kappa shape index (κ2) is 9.35. The number of benzene rings is 1. The van der Waals surface area contributed by atoms with E-state index in [2.05, 4.69) is 15.6 Å². The van der Waals surface area contributed by atoms with Crippen LogP contribution in [0.1, 0.15) is 27.3 Å². The van der Waals surface area contributed by atoms with Gasteiger partial charge in [0.05, 0.1) is 24.8 Å². The molecular formula is C24H28F2N4O3. The average Bonchev–Trinajstić information content (AvgIpc) is 3.06. The zero-order chi connectivity index (χ0) is 23.7. The summed E-state index contributed by atoms with van der Waals surface area (Å²) in [6, 6.07) is 9.00. The highest BCUT2D eigenvalue weighted by molar-refractivity contribution is 6.08. The minimum atomic E-state index is -1.31. The number of rotatable bonds is 6. The monoisotopic (exact) mass is 458 g/mol. The van der Waals surface area contributed by atoms with Crippen molar-refractivity contribution < 1.29 is 18.3 Å². The number of ether oxygens (including phenoxy) is 1. The molecule has 2 unspecified atom stereocenters. The van der Waals surface area contributed by atoms with Gasteiger partial charge in [0.15, 0.2) is 0 Å². The number of carbonyl (C=O) groups is 1. The third-order valence-corrected chi connectivity index (χ3v) is 6.33. The Morgan fingerprint density at radius 2 is 1.91 bits per heavy atom. The molecule has 0 spiro atoms. The quantitative estimate of drug-likeness (QED) is 0.530. The Hall–Kier alpha value is -3.20. The standard InChI is InChI=1S/C24H28F2N4O3/c1-13-8-21(33-3)16(23(31)29-13)9-28-24(32)22-14(2)30(20-7-5-4-6-15(20)22)12-17-18(25)10-27-11-19(17)26/h4-8,17-19,27H,9-12H2,1-3H3,(H,28,32)(H,29,31). The first kappa shape index (κ1) is 23.0. The van der Waals surface area contributed by atoms with Crippen LogP contribution in [-0.2, 0) is 13.1 Å². The summed E-state index contributed by atoms with van der Waals surface area (Å²) in [5, 5.41) is 6.26. The van der Waals surface area contributed by atoms with Crippen LogP contribution < -0.4 is 20.9 Å². The number of H-pyrrole nitrogens is 1. The molecular weight excluding hydrogens is 430 g/mol. The second-order valence-electron chi connectivity index (χ2n) is 8.45. The Morgan fingerprint density at radius 3 is 2.61 bits per heavy atom. The van der Waals surface area contributed by atoms with Crippen molar-refractivity contribution in [3.63, 3.8) is 0 Å². The van der Waals surface area contributed by atoms with Crippen LogP contribution in [0.4, 0.5) is 8.78 Å². The molecule has 1 aliphatic heterocycles. The molecule has 3 heterocycles. The summed E-state index contributed by atoms with van der Waals surface area (Å²) >= 11 is 0. The fraction of sp³-hybridized carbons (Fsp3) is 0.417. The number of methoxy groups -OCH3 is 1. The summed E-state index contributed by atoms with van der Waals surface area (Å²) in [4.78, 5) is 28.3. The molecule has 3 N–H and O–H groups in total. The third kappa shape index (κ3) is 4.37. The summed E-state index contributed by atoms with van der Waals surface area (Å²) < 4.78 is 36.1. The van der Waals surface area contributed by atoms with Crippen LogP contribution in [-0.4, -0.2) is 48.0 Å². The lowest BCUT2D eigenvalue weighted by Crippen LogP contribution is -2.47. The van der Waals surface area contributed by atoms with Gasteiger partial charge in [0.1, 0.15) is 18.1 Å². The van der Waals surface area contributed by atoms with Crippen LogP contribution in [0.2, 0.25) is 0 Å². The number of para-hydroxylation sites is 1. The molecule has 2 atom stereocenters. The number of pyridine rings is 1. The number of hydrogen-bond donors (Lipinski definition) is 3. The van der Waals surface area contributed by atoms with Crippen molar-refractivity contribution in [3.05, 3.63) is 63.2 Å². The van der Waals surface area contributed by atoms with Crippen molar-refractivity contribution >= 4 is 16.8 Å². The van der Waals surface area contributed by atoms with Crippen molar-refractivity contribution in [2.75, 3.05) is 20.2 Å². The first-order valence-electron chi connectivity index (χ1n) is 10.9. The van der Waals surface area contributed by atoms with Gasteiger partial charge in [-0.2, -0.15) is 0 Å². The SMILES string of the molecule is COc1cc(C)[nH]c(=O)c1CNC(=O)c1c(C)n(CC2C(F)CNCC2F)c2ccccc12. The zero-order valence-electron chi connectivity index (χ0n) is 18.9. The number of carbonyl (C=O) groups excluding carboxylic acids is 1. The summed E-state index contributed by atoms with van der Waals surface area (Å²) in [5.41, 5.74) is 2.42. The van der Waals surface area contributed by atoms with Crippen LogP contribution in [0.5, 0.6) is 5.75 Å². The molecule has 3 aromatic rings. The Balaban J connectivity index is 1.65. The molecule has 0 radical (unpaired) electrons. The van der Waals surface area contributed by atoms with Gasteiger partial charge in [-0.05, 0) is 26.0 Å². The number of aromatic nitrogens is 2. The highest BCUT2D eigenvalue weighted by Gasteiger charge is 2.35. The fourth-order valence-corrected chi connectivity index (χ4v) is 4.57. The first-order valence-corrected chi connectivity index (χ1v) is 10.9. The fourth-order valence-electron chi connectivity index (χ4n) is 4.57. The number of amides is 1. The molecule has 33 heavy (non-hydrogen) atoms. The number of hydrogen-bond acceptors (Lipinski definition) is 4. The van der Waals surface area contributed by atoms with Gasteiger partial charge in [0.2, 0.25) is 0 Å². The van der Waals surface area contributed by atoms with Crippen molar-refractivity contribution in [2.45, 2.75) is 39.3 Å². The van der Waals surface area contributed by atoms with Gasteiger partial charge in [-0.3, -0.25) is 9.59 Å². The van der Waals surface area contributed by atoms with Crippen LogP contribution in [0, 0.1) is 19.8 Å². The topological polar surface area (TPSA) is 88.2 Å². The number of aromatic amines is 1. The molecule has 0 aliphatic carbocycles.